The molecular formula is C25H28N6O3. The lowest BCUT2D eigenvalue weighted by Crippen LogP contribution is -2.48. The Morgan fingerprint density at radius 1 is 1.06 bits per heavy atom. The maximum absolute atomic E-state index is 13.2. The summed E-state index contributed by atoms with van der Waals surface area (Å²) in [6.45, 7) is 4.18. The molecule has 4 rings (SSSR count). The van der Waals surface area contributed by atoms with Crippen LogP contribution in [0.3, 0.4) is 0 Å². The molecule has 2 atom stereocenters. The van der Waals surface area contributed by atoms with Gasteiger partial charge in [0.15, 0.2) is 5.78 Å². The van der Waals surface area contributed by atoms with Crippen LogP contribution in [0.5, 0.6) is 0 Å². The Balaban J connectivity index is 1.35. The van der Waals surface area contributed by atoms with E-state index in [2.05, 4.69) is 26.0 Å². The van der Waals surface area contributed by atoms with E-state index >= 15 is 0 Å². The summed E-state index contributed by atoms with van der Waals surface area (Å²) in [5.41, 5.74) is 0.412. The number of nitrogens with one attached hydrogen (secondary N) is 2. The molecule has 0 bridgehead atoms. The second kappa shape index (κ2) is 9.94. The van der Waals surface area contributed by atoms with Gasteiger partial charge < -0.3 is 10.6 Å². The topological polar surface area (TPSA) is 119 Å². The average Bonchev–Trinajstić information content (AvgIpc) is 3.40. The summed E-state index contributed by atoms with van der Waals surface area (Å²) < 4.78 is 0. The Labute approximate surface area is 197 Å². The molecule has 176 valence electrons. The second-order valence-corrected chi connectivity index (χ2v) is 8.88. The first-order valence-corrected chi connectivity index (χ1v) is 11.4. The van der Waals surface area contributed by atoms with Crippen molar-refractivity contribution in [3.8, 4) is 11.4 Å². The van der Waals surface area contributed by atoms with Crippen LogP contribution in [0.15, 0.2) is 60.7 Å². The van der Waals surface area contributed by atoms with Crippen LogP contribution in [0.2, 0.25) is 0 Å². The summed E-state index contributed by atoms with van der Waals surface area (Å²) in [6.07, 6.45) is 0.657. The van der Waals surface area contributed by atoms with E-state index in [0.29, 0.717) is 17.8 Å². The third-order valence-electron chi connectivity index (χ3n) is 6.12. The van der Waals surface area contributed by atoms with Crippen molar-refractivity contribution in [2.24, 2.45) is 11.8 Å². The second-order valence-electron chi connectivity index (χ2n) is 8.88. The van der Waals surface area contributed by atoms with Gasteiger partial charge in [-0.1, -0.05) is 62.4 Å². The summed E-state index contributed by atoms with van der Waals surface area (Å²) in [5, 5.41) is 18.1. The van der Waals surface area contributed by atoms with Gasteiger partial charge >= 0.3 is 0 Å². The van der Waals surface area contributed by atoms with Gasteiger partial charge in [-0.15, -0.1) is 10.2 Å². The monoisotopic (exact) mass is 460 g/mol. The molecule has 0 aliphatic heterocycles. The van der Waals surface area contributed by atoms with Gasteiger partial charge in [0.25, 0.3) is 5.91 Å². The van der Waals surface area contributed by atoms with Crippen LogP contribution in [-0.2, 0) is 16.1 Å². The number of hydrogen-bond acceptors (Lipinski definition) is 6. The van der Waals surface area contributed by atoms with Crippen LogP contribution in [0.4, 0.5) is 0 Å². The third-order valence-corrected chi connectivity index (χ3v) is 6.12. The molecule has 2 aromatic carbocycles. The molecular weight excluding hydrogens is 432 g/mol. The fourth-order valence-electron chi connectivity index (χ4n) is 4.20. The van der Waals surface area contributed by atoms with Gasteiger partial charge in [-0.25, -0.2) is 0 Å². The number of carbonyl (C=O) groups is 3. The van der Waals surface area contributed by atoms with Crippen molar-refractivity contribution in [3.63, 3.8) is 0 Å². The molecule has 0 radical (unpaired) electrons. The van der Waals surface area contributed by atoms with Crippen LogP contribution in [0, 0.1) is 11.8 Å². The largest absolute Gasteiger partial charge is 0.352 e. The number of tetrazole rings is 1. The van der Waals surface area contributed by atoms with Gasteiger partial charge in [0, 0.05) is 24.1 Å². The van der Waals surface area contributed by atoms with E-state index in [1.54, 1.807) is 24.3 Å². The number of amides is 2. The highest BCUT2D eigenvalue weighted by Crippen LogP contribution is 2.49. The fraction of sp³-hybridized carbons (Fsp3) is 0.360. The van der Waals surface area contributed by atoms with E-state index in [4.69, 9.17) is 0 Å². The van der Waals surface area contributed by atoms with E-state index in [9.17, 15) is 14.4 Å². The standard InChI is InChI=1S/C25H28N6O3/c1-17(2)20-15-25(20,27-22(33)13-14-26-24(34)19-11-7-4-8-12-19)21(32)16-31-29-23(28-30-31)18-9-5-3-6-10-18/h3-12,17,20H,13-16H2,1-2H3,(H,26,34)(H,27,33). The van der Waals surface area contributed by atoms with Crippen molar-refractivity contribution >= 4 is 17.6 Å². The van der Waals surface area contributed by atoms with Crippen LogP contribution in [-0.4, -0.2) is 49.9 Å². The molecule has 2 amide bonds. The number of hydrogen-bond donors (Lipinski definition) is 2. The Morgan fingerprint density at radius 3 is 2.38 bits per heavy atom. The van der Waals surface area contributed by atoms with Crippen LogP contribution < -0.4 is 10.6 Å². The number of rotatable bonds is 10. The van der Waals surface area contributed by atoms with Crippen molar-refractivity contribution in [1.82, 2.24) is 30.8 Å². The molecule has 1 saturated carbocycles. The highest BCUT2D eigenvalue weighted by atomic mass is 16.2. The summed E-state index contributed by atoms with van der Waals surface area (Å²) in [4.78, 5) is 39.3. The minimum Gasteiger partial charge on any atom is -0.352 e. The maximum atomic E-state index is 13.2. The molecule has 1 aliphatic carbocycles. The summed E-state index contributed by atoms with van der Waals surface area (Å²) >= 11 is 0. The highest BCUT2D eigenvalue weighted by Gasteiger charge is 2.61. The predicted octanol–water partition coefficient (Wildman–Crippen LogP) is 2.26. The lowest BCUT2D eigenvalue weighted by atomic mass is 10.00. The first-order chi connectivity index (χ1) is 16.4. The van der Waals surface area contributed by atoms with Crippen molar-refractivity contribution in [2.45, 2.75) is 38.8 Å². The molecule has 2 N–H and O–H groups in total. The summed E-state index contributed by atoms with van der Waals surface area (Å²) in [7, 11) is 0. The summed E-state index contributed by atoms with van der Waals surface area (Å²) in [5.74, 6) is 0.0471. The minimum atomic E-state index is -0.935. The normalized spacial score (nSPS) is 19.0. The lowest BCUT2D eigenvalue weighted by Gasteiger charge is -2.20. The maximum Gasteiger partial charge on any atom is 0.251 e. The predicted molar refractivity (Wildman–Crippen MR) is 125 cm³/mol. The molecule has 1 fully saturated rings. The molecule has 0 saturated heterocycles. The van der Waals surface area contributed by atoms with Gasteiger partial charge in [-0.3, -0.25) is 14.4 Å². The number of nitrogens with zero attached hydrogens (tertiary/aromatic N) is 4. The molecule has 3 aromatic rings. The minimum absolute atomic E-state index is 0.0416. The molecule has 9 heteroatoms. The lowest BCUT2D eigenvalue weighted by molar-refractivity contribution is -0.130. The van der Waals surface area contributed by atoms with Crippen molar-refractivity contribution < 1.29 is 14.4 Å². The zero-order chi connectivity index (χ0) is 24.1. The summed E-state index contributed by atoms with van der Waals surface area (Å²) in [6, 6.07) is 18.2. The van der Waals surface area contributed by atoms with Crippen molar-refractivity contribution in [2.75, 3.05) is 6.54 Å². The highest BCUT2D eigenvalue weighted by molar-refractivity contribution is 5.97. The molecule has 1 aromatic heterocycles. The Morgan fingerprint density at radius 2 is 1.74 bits per heavy atom. The van der Waals surface area contributed by atoms with Crippen LogP contribution >= 0.6 is 0 Å². The Hall–Kier alpha value is -3.88. The van der Waals surface area contributed by atoms with Crippen molar-refractivity contribution in [1.29, 1.82) is 0 Å². The van der Waals surface area contributed by atoms with E-state index < -0.39 is 5.54 Å². The van der Waals surface area contributed by atoms with Crippen molar-refractivity contribution in [3.05, 3.63) is 66.2 Å². The van der Waals surface area contributed by atoms with Gasteiger partial charge in [-0.2, -0.15) is 4.80 Å². The first kappa shape index (κ1) is 23.3. The van der Waals surface area contributed by atoms with E-state index in [1.807, 2.05) is 50.2 Å². The van der Waals surface area contributed by atoms with Gasteiger partial charge in [-0.05, 0) is 35.6 Å². The van der Waals surface area contributed by atoms with E-state index in [-0.39, 0.29) is 48.9 Å². The van der Waals surface area contributed by atoms with E-state index in [0.717, 1.165) is 5.56 Å². The van der Waals surface area contributed by atoms with Gasteiger partial charge in [0.05, 0.1) is 0 Å². The number of ketones is 1. The van der Waals surface area contributed by atoms with E-state index in [1.165, 1.54) is 4.80 Å². The molecule has 0 spiro atoms. The third kappa shape index (κ3) is 5.19. The smallest absolute Gasteiger partial charge is 0.251 e. The Bertz CT molecular complexity index is 1160. The average molecular weight is 461 g/mol. The van der Waals surface area contributed by atoms with Gasteiger partial charge in [0.1, 0.15) is 12.1 Å². The number of aromatic nitrogens is 4. The fourth-order valence-corrected chi connectivity index (χ4v) is 4.20. The SMILES string of the molecule is CC(C)C1CC1(NC(=O)CCNC(=O)c1ccccc1)C(=O)Cn1nnc(-c2ccccc2)n1. The molecule has 1 aliphatic rings. The van der Waals surface area contributed by atoms with Gasteiger partial charge in [0.2, 0.25) is 11.7 Å². The first-order valence-electron chi connectivity index (χ1n) is 11.4. The number of benzene rings is 2. The molecule has 2 unspecified atom stereocenters. The zero-order valence-electron chi connectivity index (χ0n) is 19.3. The molecule has 34 heavy (non-hydrogen) atoms. The van der Waals surface area contributed by atoms with Crippen LogP contribution in [0.25, 0.3) is 11.4 Å². The molecule has 9 nitrogen and oxygen atoms in total. The quantitative estimate of drug-likeness (QED) is 0.479. The number of carbonyl (C=O) groups excluding carboxylic acids is 3. The zero-order valence-corrected chi connectivity index (χ0v) is 19.3. The Kier molecular flexibility index (Phi) is 6.81. The number of Topliss-reactive ketones (excluding diaryl/α,β-unsaturated/α-hetero) is 1. The van der Waals surface area contributed by atoms with Crippen LogP contribution in [0.1, 0.15) is 37.0 Å². The molecule has 1 heterocycles.